The Balaban J connectivity index is 1.57. The van der Waals surface area contributed by atoms with Gasteiger partial charge in [0.1, 0.15) is 5.75 Å². The molecular weight excluding hydrogens is 562 g/mol. The molecular formula is C32H39N7O3S. The topological polar surface area (TPSA) is 108 Å². The number of aliphatic hydroxyl groups is 1. The number of benzene rings is 2. The van der Waals surface area contributed by atoms with Crippen LogP contribution in [0.4, 0.5) is 23.0 Å². The van der Waals surface area contributed by atoms with Crippen LogP contribution in [-0.2, 0) is 17.8 Å². The molecule has 1 aliphatic rings. The molecule has 3 heterocycles. The molecule has 0 spiro atoms. The van der Waals surface area contributed by atoms with Crippen LogP contribution < -0.4 is 20.3 Å². The van der Waals surface area contributed by atoms with Crippen LogP contribution in [-0.4, -0.2) is 84.2 Å². The van der Waals surface area contributed by atoms with Crippen molar-refractivity contribution in [2.75, 3.05) is 69.2 Å². The number of hydrogen-bond acceptors (Lipinski definition) is 9. The van der Waals surface area contributed by atoms with Crippen LogP contribution in [0, 0.1) is 0 Å². The Kier molecular flexibility index (Phi) is 9.54. The van der Waals surface area contributed by atoms with Crippen molar-refractivity contribution in [3.05, 3.63) is 60.9 Å². The first-order chi connectivity index (χ1) is 20.8. The van der Waals surface area contributed by atoms with Crippen molar-refractivity contribution in [2.24, 2.45) is 0 Å². The van der Waals surface area contributed by atoms with Gasteiger partial charge in [-0.25, -0.2) is 9.97 Å². The molecule has 0 aliphatic carbocycles. The number of rotatable bonds is 13. The van der Waals surface area contributed by atoms with Gasteiger partial charge in [0.05, 0.1) is 46.9 Å². The Labute approximate surface area is 256 Å². The van der Waals surface area contributed by atoms with Crippen LogP contribution >= 0.6 is 11.8 Å². The minimum Gasteiger partial charge on any atom is -0.494 e. The molecule has 11 heteroatoms. The molecule has 0 bridgehead atoms. The number of aromatic nitrogens is 3. The second-order valence-corrected chi connectivity index (χ2v) is 11.9. The van der Waals surface area contributed by atoms with E-state index in [1.54, 1.807) is 13.3 Å². The molecule has 2 aromatic heterocycles. The standard InChI is InChI=1S/C32H39N7O3S/c1-6-29(41)34-24-17-25(27(42-5)18-26(24)38(4)14-13-37(2)3)35-32-33-19-28(43-16-15-40)30(36-32)23-20-39-12-8-10-21-9-7-11-22(23)31(21)39/h6-7,9,11,17-20,40H,1,8,10,12-16H2,2-5H3,(H,34,41)(H,33,35,36). The molecule has 0 atom stereocenters. The zero-order valence-corrected chi connectivity index (χ0v) is 26.0. The highest BCUT2D eigenvalue weighted by Crippen LogP contribution is 2.41. The van der Waals surface area contributed by atoms with Gasteiger partial charge < -0.3 is 34.8 Å². The lowest BCUT2D eigenvalue weighted by molar-refractivity contribution is -0.111. The van der Waals surface area contributed by atoms with E-state index in [0.29, 0.717) is 28.8 Å². The average Bonchev–Trinajstić information content (AvgIpc) is 3.39. The van der Waals surface area contributed by atoms with E-state index < -0.39 is 0 Å². The van der Waals surface area contributed by atoms with Crippen molar-refractivity contribution in [3.8, 4) is 17.0 Å². The van der Waals surface area contributed by atoms with Gasteiger partial charge in [-0.3, -0.25) is 4.79 Å². The van der Waals surface area contributed by atoms with Gasteiger partial charge in [-0.05, 0) is 44.6 Å². The fourth-order valence-corrected chi connectivity index (χ4v) is 6.09. The van der Waals surface area contributed by atoms with Crippen LogP contribution in [0.3, 0.4) is 0 Å². The van der Waals surface area contributed by atoms with Crippen LogP contribution in [0.2, 0.25) is 0 Å². The first-order valence-electron chi connectivity index (χ1n) is 14.3. The maximum absolute atomic E-state index is 12.4. The molecule has 0 unspecified atom stereocenters. The van der Waals surface area contributed by atoms with E-state index in [-0.39, 0.29) is 12.5 Å². The van der Waals surface area contributed by atoms with Gasteiger partial charge in [-0.2, -0.15) is 0 Å². The Morgan fingerprint density at radius 1 is 1.23 bits per heavy atom. The third kappa shape index (κ3) is 6.64. The van der Waals surface area contributed by atoms with Crippen LogP contribution in [0.25, 0.3) is 22.2 Å². The second-order valence-electron chi connectivity index (χ2n) is 10.7. The zero-order chi connectivity index (χ0) is 30.5. The molecule has 5 rings (SSSR count). The lowest BCUT2D eigenvalue weighted by atomic mass is 10.0. The zero-order valence-electron chi connectivity index (χ0n) is 25.2. The normalized spacial score (nSPS) is 12.4. The minimum absolute atomic E-state index is 0.0573. The third-order valence-corrected chi connectivity index (χ3v) is 8.48. The number of aliphatic hydroxyl groups excluding tert-OH is 1. The van der Waals surface area contributed by atoms with Crippen LogP contribution in [0.15, 0.2) is 60.3 Å². The van der Waals surface area contributed by atoms with Gasteiger partial charge in [-0.15, -0.1) is 11.8 Å². The summed E-state index contributed by atoms with van der Waals surface area (Å²) in [4.78, 5) is 27.1. The number of ether oxygens (including phenoxy) is 1. The van der Waals surface area contributed by atoms with Crippen molar-refractivity contribution < 1.29 is 14.6 Å². The minimum atomic E-state index is -0.310. The fourth-order valence-electron chi connectivity index (χ4n) is 5.36. The Hall–Kier alpha value is -4.06. The second kappa shape index (κ2) is 13.5. The van der Waals surface area contributed by atoms with Crippen LogP contribution in [0.1, 0.15) is 12.0 Å². The number of amides is 1. The molecule has 1 aliphatic heterocycles. The van der Waals surface area contributed by atoms with Gasteiger partial charge in [0.2, 0.25) is 11.9 Å². The SMILES string of the molecule is C=CC(=O)Nc1cc(Nc2ncc(SCCO)c(-c3cn4c5c(cccc35)CCC4)n2)c(OC)cc1N(C)CCN(C)C. The highest BCUT2D eigenvalue weighted by molar-refractivity contribution is 7.99. The molecule has 2 aromatic carbocycles. The molecule has 10 nitrogen and oxygen atoms in total. The summed E-state index contributed by atoms with van der Waals surface area (Å²) in [6, 6.07) is 10.2. The van der Waals surface area contributed by atoms with Crippen molar-refractivity contribution in [2.45, 2.75) is 24.3 Å². The predicted molar refractivity (Wildman–Crippen MR) is 176 cm³/mol. The lowest BCUT2D eigenvalue weighted by Gasteiger charge is -2.26. The molecule has 3 N–H and O–H groups in total. The smallest absolute Gasteiger partial charge is 0.247 e. The number of nitrogens with zero attached hydrogens (tertiary/aromatic N) is 5. The molecule has 0 saturated heterocycles. The summed E-state index contributed by atoms with van der Waals surface area (Å²) in [5, 5.41) is 17.0. The summed E-state index contributed by atoms with van der Waals surface area (Å²) in [5.74, 6) is 1.20. The number of para-hydroxylation sites is 1. The number of anilines is 4. The van der Waals surface area contributed by atoms with E-state index in [9.17, 15) is 9.90 Å². The monoisotopic (exact) mass is 601 g/mol. The van der Waals surface area contributed by atoms with Gasteiger partial charge in [0, 0.05) is 61.8 Å². The summed E-state index contributed by atoms with van der Waals surface area (Å²) in [5.41, 5.74) is 6.47. The molecule has 226 valence electrons. The summed E-state index contributed by atoms with van der Waals surface area (Å²) < 4.78 is 8.11. The summed E-state index contributed by atoms with van der Waals surface area (Å²) in [6.45, 7) is 6.21. The van der Waals surface area contributed by atoms with E-state index in [1.807, 2.05) is 33.3 Å². The third-order valence-electron chi connectivity index (χ3n) is 7.49. The Bertz CT molecular complexity index is 1640. The van der Waals surface area contributed by atoms with Gasteiger partial charge >= 0.3 is 0 Å². The molecule has 0 fully saturated rings. The van der Waals surface area contributed by atoms with Crippen molar-refractivity contribution in [1.29, 1.82) is 0 Å². The van der Waals surface area contributed by atoms with Crippen LogP contribution in [0.5, 0.6) is 5.75 Å². The number of aryl methyl sites for hydroxylation is 2. The molecule has 43 heavy (non-hydrogen) atoms. The van der Waals surface area contributed by atoms with E-state index in [0.717, 1.165) is 59.7 Å². The summed E-state index contributed by atoms with van der Waals surface area (Å²) in [6.07, 6.45) is 7.40. The molecule has 4 aromatic rings. The summed E-state index contributed by atoms with van der Waals surface area (Å²) >= 11 is 1.53. The van der Waals surface area contributed by atoms with E-state index >= 15 is 0 Å². The number of carbonyl (C=O) groups is 1. The van der Waals surface area contributed by atoms with Gasteiger partial charge in [0.25, 0.3) is 0 Å². The van der Waals surface area contributed by atoms with E-state index in [1.165, 1.54) is 28.9 Å². The average molecular weight is 602 g/mol. The number of thioether (sulfide) groups is 1. The van der Waals surface area contributed by atoms with Crippen molar-refractivity contribution in [3.63, 3.8) is 0 Å². The molecule has 1 amide bonds. The van der Waals surface area contributed by atoms with Gasteiger partial charge in [0.15, 0.2) is 0 Å². The highest BCUT2D eigenvalue weighted by atomic mass is 32.2. The number of carbonyl (C=O) groups excluding carboxylic acids is 1. The first kappa shape index (κ1) is 30.4. The van der Waals surface area contributed by atoms with E-state index in [4.69, 9.17) is 9.72 Å². The Morgan fingerprint density at radius 3 is 2.81 bits per heavy atom. The maximum atomic E-state index is 12.4. The number of hydrogen-bond donors (Lipinski definition) is 3. The molecule has 0 radical (unpaired) electrons. The number of likely N-dealkylation sites (N-methyl/N-ethyl adjacent to an activating group) is 2. The number of methoxy groups -OCH3 is 1. The fraction of sp³-hybridized carbons (Fsp3) is 0.344. The quantitative estimate of drug-likeness (QED) is 0.144. The summed E-state index contributed by atoms with van der Waals surface area (Å²) in [7, 11) is 7.63. The number of nitrogens with one attached hydrogen (secondary N) is 2. The van der Waals surface area contributed by atoms with Crippen molar-refractivity contribution >= 4 is 51.6 Å². The first-order valence-corrected chi connectivity index (χ1v) is 15.3. The van der Waals surface area contributed by atoms with E-state index in [2.05, 4.69) is 61.0 Å². The molecule has 0 saturated carbocycles. The van der Waals surface area contributed by atoms with Gasteiger partial charge in [-0.1, -0.05) is 24.8 Å². The predicted octanol–water partition coefficient (Wildman–Crippen LogP) is 5.00. The maximum Gasteiger partial charge on any atom is 0.247 e. The lowest BCUT2D eigenvalue weighted by Crippen LogP contribution is -2.29. The van der Waals surface area contributed by atoms with Crippen molar-refractivity contribution in [1.82, 2.24) is 19.4 Å². The highest BCUT2D eigenvalue weighted by Gasteiger charge is 2.21. The largest absolute Gasteiger partial charge is 0.494 e. The Morgan fingerprint density at radius 2 is 2.07 bits per heavy atom.